The summed E-state index contributed by atoms with van der Waals surface area (Å²) in [7, 11) is 0. The van der Waals surface area contributed by atoms with Gasteiger partial charge >= 0.3 is 0 Å². The van der Waals surface area contributed by atoms with Gasteiger partial charge in [0.15, 0.2) is 5.69 Å². The zero-order chi connectivity index (χ0) is 22.1. The number of halogens is 1. The maximum absolute atomic E-state index is 13.1. The van der Waals surface area contributed by atoms with Gasteiger partial charge in [-0.2, -0.15) is 0 Å². The maximum atomic E-state index is 13.1. The monoisotopic (exact) mass is 451 g/mol. The molecule has 2 aromatic carbocycles. The van der Waals surface area contributed by atoms with Crippen LogP contribution in [0.4, 0.5) is 0 Å². The van der Waals surface area contributed by atoms with Crippen molar-refractivity contribution in [3.8, 4) is 0 Å². The van der Waals surface area contributed by atoms with E-state index in [9.17, 15) is 9.59 Å². The Bertz CT molecular complexity index is 1120. The predicted octanol–water partition coefficient (Wildman–Crippen LogP) is 2.80. The van der Waals surface area contributed by atoms with Gasteiger partial charge in [-0.1, -0.05) is 47.1 Å². The summed E-state index contributed by atoms with van der Waals surface area (Å²) in [5, 5.41) is 8.95. The van der Waals surface area contributed by atoms with Crippen LogP contribution in [0.1, 0.15) is 38.2 Å². The number of aromatic nitrogens is 3. The molecular weight excluding hydrogens is 430 g/mol. The Hall–Kier alpha value is -3.23. The summed E-state index contributed by atoms with van der Waals surface area (Å²) in [5.74, 6) is -0.234. The fourth-order valence-electron chi connectivity index (χ4n) is 4.08. The van der Waals surface area contributed by atoms with Gasteiger partial charge < -0.3 is 14.5 Å². The van der Waals surface area contributed by atoms with Crippen LogP contribution in [-0.2, 0) is 17.9 Å². The van der Waals surface area contributed by atoms with Crippen molar-refractivity contribution in [3.63, 3.8) is 0 Å². The van der Waals surface area contributed by atoms with Crippen LogP contribution in [0.5, 0.6) is 0 Å². The highest BCUT2D eigenvalue weighted by Crippen LogP contribution is 2.27. The number of ether oxygens (including phenoxy) is 1. The van der Waals surface area contributed by atoms with Crippen molar-refractivity contribution in [3.05, 3.63) is 82.1 Å². The number of hydrogen-bond acceptors (Lipinski definition) is 5. The first-order valence-electron chi connectivity index (χ1n) is 10.5. The van der Waals surface area contributed by atoms with Crippen LogP contribution in [0.15, 0.2) is 54.6 Å². The van der Waals surface area contributed by atoms with Crippen molar-refractivity contribution in [2.75, 3.05) is 26.2 Å². The average Bonchev–Trinajstić information content (AvgIpc) is 3.27. The van der Waals surface area contributed by atoms with E-state index < -0.39 is 0 Å². The molecule has 3 heterocycles. The Morgan fingerprint density at radius 3 is 2.25 bits per heavy atom. The van der Waals surface area contributed by atoms with E-state index in [1.165, 1.54) is 0 Å². The molecule has 0 radical (unpaired) electrons. The Balaban J connectivity index is 1.23. The number of carbonyl (C=O) groups is 2. The van der Waals surface area contributed by atoms with Crippen molar-refractivity contribution in [2.24, 2.45) is 0 Å². The van der Waals surface area contributed by atoms with E-state index in [1.54, 1.807) is 38.7 Å². The summed E-state index contributed by atoms with van der Waals surface area (Å²) in [6.45, 7) is 2.61. The maximum Gasteiger partial charge on any atom is 0.276 e. The van der Waals surface area contributed by atoms with Crippen LogP contribution < -0.4 is 0 Å². The largest absolute Gasteiger partial charge is 0.365 e. The van der Waals surface area contributed by atoms with Gasteiger partial charge in [0.1, 0.15) is 6.10 Å². The van der Waals surface area contributed by atoms with Crippen molar-refractivity contribution < 1.29 is 14.3 Å². The molecule has 2 amide bonds. The number of carbonyl (C=O) groups excluding carboxylic acids is 2. The Morgan fingerprint density at radius 2 is 1.56 bits per heavy atom. The van der Waals surface area contributed by atoms with Crippen LogP contribution in [-0.4, -0.2) is 62.8 Å². The van der Waals surface area contributed by atoms with E-state index in [1.807, 2.05) is 30.3 Å². The van der Waals surface area contributed by atoms with E-state index in [0.29, 0.717) is 54.7 Å². The molecule has 1 saturated heterocycles. The number of rotatable bonds is 3. The summed E-state index contributed by atoms with van der Waals surface area (Å²) in [4.78, 5) is 29.3. The number of piperazine rings is 1. The number of fused-ring (bicyclic) bond motifs is 1. The molecular formula is C23H22ClN5O3. The summed E-state index contributed by atoms with van der Waals surface area (Å²) in [5.41, 5.74) is 2.69. The second-order valence-electron chi connectivity index (χ2n) is 7.87. The number of amides is 2. The molecule has 0 unspecified atom stereocenters. The molecule has 2 aliphatic rings. The highest BCUT2D eigenvalue weighted by molar-refractivity contribution is 6.30. The molecule has 5 rings (SSSR count). The van der Waals surface area contributed by atoms with Gasteiger partial charge in [0.05, 0.1) is 18.8 Å². The van der Waals surface area contributed by atoms with E-state index >= 15 is 0 Å². The fourth-order valence-corrected chi connectivity index (χ4v) is 4.21. The van der Waals surface area contributed by atoms with Crippen molar-refractivity contribution in [2.45, 2.75) is 19.3 Å². The van der Waals surface area contributed by atoms with Gasteiger partial charge in [0.25, 0.3) is 11.8 Å². The van der Waals surface area contributed by atoms with Gasteiger partial charge in [-0.15, -0.1) is 5.10 Å². The lowest BCUT2D eigenvalue weighted by Crippen LogP contribution is -2.50. The second-order valence-corrected chi connectivity index (χ2v) is 8.30. The Kier molecular flexibility index (Phi) is 5.63. The van der Waals surface area contributed by atoms with Crippen molar-refractivity contribution in [1.82, 2.24) is 24.8 Å². The summed E-state index contributed by atoms with van der Waals surface area (Å²) in [6.07, 6.45) is -0.115. The molecule has 2 aliphatic heterocycles. The first-order chi connectivity index (χ1) is 15.6. The van der Waals surface area contributed by atoms with Gasteiger partial charge in [0.2, 0.25) is 0 Å². The number of nitrogens with zero attached hydrogens (tertiary/aromatic N) is 5. The molecule has 0 bridgehead atoms. The van der Waals surface area contributed by atoms with Crippen molar-refractivity contribution >= 4 is 23.4 Å². The average molecular weight is 452 g/mol. The quantitative estimate of drug-likeness (QED) is 0.611. The van der Waals surface area contributed by atoms with Crippen LogP contribution in [0.3, 0.4) is 0 Å². The third kappa shape index (κ3) is 3.99. The zero-order valence-electron chi connectivity index (χ0n) is 17.4. The van der Waals surface area contributed by atoms with E-state index in [2.05, 4.69) is 10.3 Å². The topological polar surface area (TPSA) is 80.6 Å². The Morgan fingerprint density at radius 1 is 0.906 bits per heavy atom. The molecule has 0 aliphatic carbocycles. The molecule has 1 fully saturated rings. The normalized spacial score (nSPS) is 18.3. The summed E-state index contributed by atoms with van der Waals surface area (Å²) < 4.78 is 7.76. The number of hydrogen-bond donors (Lipinski definition) is 0. The second kappa shape index (κ2) is 8.72. The van der Waals surface area contributed by atoms with Crippen LogP contribution in [0, 0.1) is 0 Å². The third-order valence-electron chi connectivity index (χ3n) is 5.92. The molecule has 0 N–H and O–H groups in total. The molecule has 8 nitrogen and oxygen atoms in total. The minimum atomic E-state index is -0.174. The minimum Gasteiger partial charge on any atom is -0.365 e. The highest BCUT2D eigenvalue weighted by Gasteiger charge is 2.32. The van der Waals surface area contributed by atoms with Crippen LogP contribution in [0.25, 0.3) is 0 Å². The number of benzene rings is 2. The molecule has 0 saturated carbocycles. The van der Waals surface area contributed by atoms with E-state index in [4.69, 9.17) is 16.3 Å². The zero-order valence-corrected chi connectivity index (χ0v) is 18.1. The van der Waals surface area contributed by atoms with E-state index in [-0.39, 0.29) is 24.5 Å². The third-order valence-corrected chi connectivity index (χ3v) is 6.17. The lowest BCUT2D eigenvalue weighted by Gasteiger charge is -2.34. The molecule has 1 aromatic heterocycles. The van der Waals surface area contributed by atoms with E-state index in [0.717, 1.165) is 5.56 Å². The molecule has 3 aromatic rings. The standard InChI is InChI=1S/C23H22ClN5O3/c24-18-8-6-17(7-9-18)22(30)27-10-12-28(13-11-27)23(31)21-19-15-32-20(14-29(19)26-25-21)16-4-2-1-3-5-16/h1-9,20H,10-15H2/t20-/m1/s1. The SMILES string of the molecule is O=C(c1ccc(Cl)cc1)N1CCN(C(=O)c2nnn3c2CO[C@@H](c2ccccc2)C3)CC1. The molecule has 32 heavy (non-hydrogen) atoms. The molecule has 9 heteroatoms. The first-order valence-corrected chi connectivity index (χ1v) is 10.9. The minimum absolute atomic E-state index is 0.0600. The summed E-state index contributed by atoms with van der Waals surface area (Å²) >= 11 is 5.90. The fraction of sp³-hybridized carbons (Fsp3) is 0.304. The molecule has 164 valence electrons. The van der Waals surface area contributed by atoms with Gasteiger partial charge in [0, 0.05) is 36.8 Å². The first kappa shape index (κ1) is 20.7. The van der Waals surface area contributed by atoms with Gasteiger partial charge in [-0.25, -0.2) is 4.68 Å². The predicted molar refractivity (Wildman–Crippen MR) is 117 cm³/mol. The Labute approximate surface area is 190 Å². The lowest BCUT2D eigenvalue weighted by atomic mass is 10.1. The summed E-state index contributed by atoms with van der Waals surface area (Å²) in [6, 6.07) is 16.8. The van der Waals surface area contributed by atoms with Gasteiger partial charge in [-0.3, -0.25) is 9.59 Å². The molecule has 0 spiro atoms. The van der Waals surface area contributed by atoms with Crippen molar-refractivity contribution in [1.29, 1.82) is 0 Å². The smallest absolute Gasteiger partial charge is 0.276 e. The van der Waals surface area contributed by atoms with Gasteiger partial charge in [-0.05, 0) is 29.8 Å². The van der Waals surface area contributed by atoms with Crippen LogP contribution >= 0.6 is 11.6 Å². The lowest BCUT2D eigenvalue weighted by molar-refractivity contribution is -0.00202. The molecule has 1 atom stereocenters. The highest BCUT2D eigenvalue weighted by atomic mass is 35.5. The van der Waals surface area contributed by atoms with Crippen LogP contribution in [0.2, 0.25) is 5.02 Å².